The summed E-state index contributed by atoms with van der Waals surface area (Å²) in [6, 6.07) is 4.00. The number of likely N-dealkylation sites (tertiary alicyclic amines) is 1. The van der Waals surface area contributed by atoms with E-state index < -0.39 is 0 Å². The highest BCUT2D eigenvalue weighted by Gasteiger charge is 2.55. The summed E-state index contributed by atoms with van der Waals surface area (Å²) < 4.78 is 5.58. The Bertz CT molecular complexity index is 1040. The molecule has 2 aliphatic heterocycles. The molecule has 2 saturated heterocycles. The Morgan fingerprint density at radius 2 is 1.94 bits per heavy atom. The van der Waals surface area contributed by atoms with Crippen molar-refractivity contribution in [3.8, 4) is 0 Å². The van der Waals surface area contributed by atoms with Crippen LogP contribution >= 0.6 is 0 Å². The predicted molar refractivity (Wildman–Crippen MR) is 127 cm³/mol. The van der Waals surface area contributed by atoms with E-state index in [-0.39, 0.29) is 17.1 Å². The van der Waals surface area contributed by atoms with Gasteiger partial charge in [-0.1, -0.05) is 20.4 Å². The van der Waals surface area contributed by atoms with Crippen LogP contribution in [0.15, 0.2) is 24.5 Å². The van der Waals surface area contributed by atoms with Gasteiger partial charge in [-0.25, -0.2) is 0 Å². The summed E-state index contributed by atoms with van der Waals surface area (Å²) in [6.07, 6.45) is 5.38. The van der Waals surface area contributed by atoms with Gasteiger partial charge in [-0.3, -0.25) is 4.79 Å². The number of ether oxygens (including phenoxy) is 1. The first-order valence-corrected chi connectivity index (χ1v) is 11.6. The fourth-order valence-corrected chi connectivity index (χ4v) is 5.73. The number of carbonyl (C=O) groups is 1. The van der Waals surface area contributed by atoms with E-state index in [1.54, 1.807) is 4.90 Å². The number of hydrogen-bond acceptors (Lipinski definition) is 5. The van der Waals surface area contributed by atoms with Gasteiger partial charge in [-0.15, -0.1) is 0 Å². The highest BCUT2D eigenvalue weighted by molar-refractivity contribution is 5.97. The second-order valence-corrected chi connectivity index (χ2v) is 9.22. The molecule has 3 heterocycles. The van der Waals surface area contributed by atoms with E-state index in [0.717, 1.165) is 55.4 Å². The third kappa shape index (κ3) is 3.68. The molecule has 7 nitrogen and oxygen atoms in total. The van der Waals surface area contributed by atoms with Gasteiger partial charge < -0.3 is 30.9 Å². The van der Waals surface area contributed by atoms with Crippen molar-refractivity contribution in [3.63, 3.8) is 0 Å². The molecule has 0 atom stereocenters. The van der Waals surface area contributed by atoms with Crippen molar-refractivity contribution in [2.24, 2.45) is 5.41 Å². The normalized spacial score (nSPS) is 20.2. The van der Waals surface area contributed by atoms with Gasteiger partial charge in [0.25, 0.3) is 5.91 Å². The molecule has 7 heteroatoms. The van der Waals surface area contributed by atoms with Crippen LogP contribution in [0.4, 0.5) is 5.69 Å². The Balaban J connectivity index is 0.00000119. The van der Waals surface area contributed by atoms with Crippen LogP contribution in [-0.4, -0.2) is 53.4 Å². The third-order valence-corrected chi connectivity index (χ3v) is 7.21. The zero-order valence-electron chi connectivity index (χ0n) is 19.0. The fourth-order valence-electron chi connectivity index (χ4n) is 5.73. The van der Waals surface area contributed by atoms with E-state index in [2.05, 4.69) is 11.6 Å². The van der Waals surface area contributed by atoms with Crippen molar-refractivity contribution in [2.75, 3.05) is 32.0 Å². The summed E-state index contributed by atoms with van der Waals surface area (Å²) >= 11 is 0. The number of aromatic nitrogens is 1. The van der Waals surface area contributed by atoms with Crippen LogP contribution in [0.25, 0.3) is 10.9 Å². The smallest absolute Gasteiger partial charge is 0.288 e. The standard InChI is InChI=1S/C23H28N4O3.C2H6/c1-13(28)22(29)27-11-23(12-27)8-16(9-23)20-17-7-18(25)15(10-24)6-19(17)26-21(20)14-2-4-30-5-3-14;1-2/h6-7,10,14,16,24,26,28H,1-5,8-9,11-12,25H2;1-2H3. The molecule has 172 valence electrons. The van der Waals surface area contributed by atoms with Gasteiger partial charge in [0, 0.05) is 71.7 Å². The van der Waals surface area contributed by atoms with Crippen LogP contribution in [0, 0.1) is 10.8 Å². The van der Waals surface area contributed by atoms with Gasteiger partial charge in [0.05, 0.1) is 0 Å². The number of carbonyl (C=O) groups excluding carboxylic acids is 1. The molecule has 1 aromatic carbocycles. The average Bonchev–Trinajstić information content (AvgIpc) is 3.11. The average molecular weight is 439 g/mol. The lowest BCUT2D eigenvalue weighted by molar-refractivity contribution is -0.149. The van der Waals surface area contributed by atoms with Gasteiger partial charge >= 0.3 is 0 Å². The molecule has 5 rings (SSSR count). The number of benzene rings is 1. The Morgan fingerprint density at radius 3 is 2.53 bits per heavy atom. The van der Waals surface area contributed by atoms with E-state index in [1.165, 1.54) is 17.5 Å². The number of aliphatic hydroxyl groups excluding tert-OH is 1. The molecule has 2 aromatic rings. The molecule has 3 fully saturated rings. The number of amides is 1. The zero-order chi connectivity index (χ0) is 23.0. The summed E-state index contributed by atoms with van der Waals surface area (Å²) in [4.78, 5) is 17.3. The first-order chi connectivity index (χ1) is 15.4. The number of hydrogen-bond donors (Lipinski definition) is 4. The van der Waals surface area contributed by atoms with Crippen LogP contribution in [0.5, 0.6) is 0 Å². The van der Waals surface area contributed by atoms with E-state index in [9.17, 15) is 9.90 Å². The van der Waals surface area contributed by atoms with Gasteiger partial charge in [0.15, 0.2) is 5.76 Å². The largest absolute Gasteiger partial charge is 0.503 e. The minimum Gasteiger partial charge on any atom is -0.503 e. The van der Waals surface area contributed by atoms with Crippen LogP contribution in [0.2, 0.25) is 0 Å². The highest BCUT2D eigenvalue weighted by atomic mass is 16.5. The number of rotatable bonds is 4. The lowest BCUT2D eigenvalue weighted by Crippen LogP contribution is -2.63. The van der Waals surface area contributed by atoms with Crippen molar-refractivity contribution in [2.45, 2.75) is 51.4 Å². The lowest BCUT2D eigenvalue weighted by Gasteiger charge is -2.59. The maximum absolute atomic E-state index is 11.9. The minimum atomic E-state index is -0.378. The molecular formula is C25H34N4O3. The third-order valence-electron chi connectivity index (χ3n) is 7.21. The molecular weight excluding hydrogens is 404 g/mol. The number of aliphatic hydroxyl groups is 1. The number of nitrogens with one attached hydrogen (secondary N) is 2. The molecule has 0 radical (unpaired) electrons. The van der Waals surface area contributed by atoms with Crippen molar-refractivity contribution >= 4 is 28.7 Å². The fraction of sp³-hybridized carbons (Fsp3) is 0.520. The minimum absolute atomic E-state index is 0.159. The van der Waals surface area contributed by atoms with E-state index in [1.807, 2.05) is 26.0 Å². The number of fused-ring (bicyclic) bond motifs is 1. The Kier molecular flexibility index (Phi) is 6.03. The van der Waals surface area contributed by atoms with E-state index in [4.69, 9.17) is 15.9 Å². The SMILES string of the molecule is C=C(O)C(=O)N1CC2(CC(c3c(C4CCOCC4)[nH]c4cc(C=N)c(N)cc34)C2)C1.CC. The quantitative estimate of drug-likeness (QED) is 0.244. The number of nitrogens with two attached hydrogens (primary N) is 1. The van der Waals surface area contributed by atoms with Crippen LogP contribution in [0.3, 0.4) is 0 Å². The molecule has 0 unspecified atom stereocenters. The van der Waals surface area contributed by atoms with Crippen LogP contribution < -0.4 is 5.73 Å². The van der Waals surface area contributed by atoms with Gasteiger partial charge in [0.1, 0.15) is 0 Å². The number of anilines is 1. The summed E-state index contributed by atoms with van der Waals surface area (Å²) in [5, 5.41) is 18.1. The Morgan fingerprint density at radius 1 is 1.28 bits per heavy atom. The number of H-pyrrole nitrogens is 1. The van der Waals surface area contributed by atoms with E-state index >= 15 is 0 Å². The molecule has 0 bridgehead atoms. The highest BCUT2D eigenvalue weighted by Crippen LogP contribution is 2.58. The lowest BCUT2D eigenvalue weighted by atomic mass is 9.55. The number of aromatic amines is 1. The van der Waals surface area contributed by atoms with Crippen LogP contribution in [0.1, 0.15) is 68.2 Å². The molecule has 3 aliphatic rings. The molecule has 32 heavy (non-hydrogen) atoms. The van der Waals surface area contributed by atoms with Gasteiger partial charge in [-0.05, 0) is 49.3 Å². The van der Waals surface area contributed by atoms with E-state index in [0.29, 0.717) is 30.6 Å². The Hall–Kier alpha value is -2.80. The summed E-state index contributed by atoms with van der Waals surface area (Å²) in [7, 11) is 0. The zero-order valence-corrected chi connectivity index (χ0v) is 19.0. The van der Waals surface area contributed by atoms with Crippen LogP contribution in [-0.2, 0) is 9.53 Å². The molecule has 5 N–H and O–H groups in total. The predicted octanol–water partition coefficient (Wildman–Crippen LogP) is 4.45. The molecule has 1 saturated carbocycles. The number of nitrogen functional groups attached to an aromatic ring is 1. The van der Waals surface area contributed by atoms with Crippen molar-refractivity contribution in [3.05, 3.63) is 41.3 Å². The topological polar surface area (TPSA) is 115 Å². The first-order valence-electron chi connectivity index (χ1n) is 11.6. The van der Waals surface area contributed by atoms with Gasteiger partial charge in [0.2, 0.25) is 0 Å². The summed E-state index contributed by atoms with van der Waals surface area (Å²) in [5.74, 6) is 0.138. The maximum atomic E-state index is 11.9. The first kappa shape index (κ1) is 22.4. The maximum Gasteiger partial charge on any atom is 0.288 e. The van der Waals surface area contributed by atoms with Gasteiger partial charge in [-0.2, -0.15) is 0 Å². The second kappa shape index (κ2) is 8.62. The van der Waals surface area contributed by atoms with Crippen molar-refractivity contribution in [1.82, 2.24) is 9.88 Å². The number of nitrogens with zero attached hydrogens (tertiary/aromatic N) is 1. The summed E-state index contributed by atoms with van der Waals surface area (Å²) in [6.45, 7) is 10.3. The molecule has 1 spiro atoms. The summed E-state index contributed by atoms with van der Waals surface area (Å²) in [5.41, 5.74) is 11.5. The monoisotopic (exact) mass is 438 g/mol. The van der Waals surface area contributed by atoms with Crippen molar-refractivity contribution < 1.29 is 14.6 Å². The Labute approximate surface area is 189 Å². The molecule has 1 amide bonds. The molecule has 1 aromatic heterocycles. The van der Waals surface area contributed by atoms with Crippen molar-refractivity contribution in [1.29, 1.82) is 5.41 Å². The second-order valence-electron chi connectivity index (χ2n) is 9.22. The molecule has 1 aliphatic carbocycles.